The molecule has 12 heteroatoms. The van der Waals surface area contributed by atoms with Gasteiger partial charge in [0.2, 0.25) is 0 Å². The zero-order valence-corrected chi connectivity index (χ0v) is 17.3. The lowest BCUT2D eigenvalue weighted by Gasteiger charge is -2.10. The topological polar surface area (TPSA) is 97.6 Å². The number of carboxylic acids is 1. The Kier molecular flexibility index (Phi) is 6.48. The summed E-state index contributed by atoms with van der Waals surface area (Å²) in [5, 5.41) is 11.5. The van der Waals surface area contributed by atoms with Crippen molar-refractivity contribution in [3.63, 3.8) is 0 Å². The van der Waals surface area contributed by atoms with E-state index in [4.69, 9.17) is 26.2 Å². The van der Waals surface area contributed by atoms with E-state index in [1.807, 2.05) is 0 Å². The molecule has 2 N–H and O–H groups in total. The number of ether oxygens (including phenoxy) is 1. The number of carbonyl (C=O) groups is 1. The average molecular weight is 477 g/mol. The molecular weight excluding hydrogens is 461 g/mol. The molecule has 0 amide bonds. The molecule has 0 spiro atoms. The minimum Gasteiger partial charge on any atom is -0.492 e. The fourth-order valence-corrected chi connectivity index (χ4v) is 4.72. The lowest BCUT2D eigenvalue weighted by atomic mass is 10.1. The Morgan fingerprint density at radius 2 is 1.81 bits per heavy atom. The quantitative estimate of drug-likeness (QED) is 0.586. The Hall–Kier alpha value is -2.76. The van der Waals surface area contributed by atoms with E-state index in [0.29, 0.717) is 29.1 Å². The predicted molar refractivity (Wildman–Crippen MR) is 107 cm³/mol. The zero-order valence-electron chi connectivity index (χ0n) is 15.7. The van der Waals surface area contributed by atoms with Gasteiger partial charge < -0.3 is 15.2 Å². The van der Waals surface area contributed by atoms with E-state index < -0.39 is 22.2 Å². The van der Waals surface area contributed by atoms with Crippen molar-refractivity contribution in [1.29, 1.82) is 0 Å². The van der Waals surface area contributed by atoms with Crippen molar-refractivity contribution in [2.24, 2.45) is 0 Å². The summed E-state index contributed by atoms with van der Waals surface area (Å²) in [4.78, 5) is 9.12. The highest BCUT2D eigenvalue weighted by Crippen LogP contribution is 2.36. The summed E-state index contributed by atoms with van der Waals surface area (Å²) in [6.45, 7) is 1.89. The van der Waals surface area contributed by atoms with Crippen LogP contribution in [-0.4, -0.2) is 42.8 Å². The second kappa shape index (κ2) is 8.77. The number of hydrogen-bond donors (Lipinski definition) is 2. The summed E-state index contributed by atoms with van der Waals surface area (Å²) in [5.41, 5.74) is 1.44. The van der Waals surface area contributed by atoms with E-state index in [0.717, 1.165) is 17.9 Å². The van der Waals surface area contributed by atoms with Gasteiger partial charge in [0.05, 0.1) is 15.4 Å². The number of fused-ring (bicyclic) bond motifs is 3. The number of nitrogens with zero attached hydrogens (tertiary/aromatic N) is 1. The third-order valence-electron chi connectivity index (χ3n) is 4.34. The second-order valence-electron chi connectivity index (χ2n) is 6.36. The largest absolute Gasteiger partial charge is 0.492 e. The van der Waals surface area contributed by atoms with Gasteiger partial charge in [0.25, 0.3) is 10.0 Å². The smallest absolute Gasteiger partial charge is 0.490 e. The molecule has 0 radical (unpaired) electrons. The van der Waals surface area contributed by atoms with Gasteiger partial charge in [-0.1, -0.05) is 29.8 Å². The summed E-state index contributed by atoms with van der Waals surface area (Å²) in [5.74, 6) is -2.02. The maximum Gasteiger partial charge on any atom is 0.490 e. The number of rotatable bonds is 2. The first-order chi connectivity index (χ1) is 14.5. The first-order valence-corrected chi connectivity index (χ1v) is 10.6. The second-order valence-corrected chi connectivity index (χ2v) is 8.58. The van der Waals surface area contributed by atoms with Gasteiger partial charge in [-0.25, -0.2) is 17.2 Å². The van der Waals surface area contributed by atoms with Gasteiger partial charge in [-0.15, -0.1) is 0 Å². The first-order valence-electron chi connectivity index (χ1n) is 8.80. The average Bonchev–Trinajstić information content (AvgIpc) is 2.90. The van der Waals surface area contributed by atoms with Gasteiger partial charge in [0, 0.05) is 30.2 Å². The first kappa shape index (κ1) is 22.9. The van der Waals surface area contributed by atoms with Crippen molar-refractivity contribution in [2.75, 3.05) is 13.2 Å². The number of aromatic nitrogens is 1. The van der Waals surface area contributed by atoms with Crippen LogP contribution >= 0.6 is 11.6 Å². The monoisotopic (exact) mass is 476 g/mol. The van der Waals surface area contributed by atoms with E-state index in [2.05, 4.69) is 5.32 Å². The van der Waals surface area contributed by atoms with Crippen LogP contribution in [0.2, 0.25) is 5.02 Å². The molecule has 0 saturated carbocycles. The molecule has 1 aliphatic heterocycles. The lowest BCUT2D eigenvalue weighted by molar-refractivity contribution is -0.192. The van der Waals surface area contributed by atoms with Crippen LogP contribution in [0.15, 0.2) is 53.6 Å². The Bertz CT molecular complexity index is 1210. The Balaban J connectivity index is 0.000000339. The number of nitrogens with one attached hydrogen (secondary N) is 1. The van der Waals surface area contributed by atoms with Crippen LogP contribution in [0, 0.1) is 0 Å². The summed E-state index contributed by atoms with van der Waals surface area (Å²) in [6.07, 6.45) is -3.63. The van der Waals surface area contributed by atoms with Crippen molar-refractivity contribution in [2.45, 2.75) is 17.6 Å². The maximum atomic E-state index is 13.0. The molecular formula is C19H16ClF3N2O5S. The SMILES string of the molecule is O=C(O)C(F)(F)F.O=S(=O)(c1ccccc1)n1cc(Cl)c2c3c(ccc21)OCCNC3. The van der Waals surface area contributed by atoms with Crippen molar-refractivity contribution >= 4 is 38.5 Å². The van der Waals surface area contributed by atoms with E-state index in [1.54, 1.807) is 42.5 Å². The summed E-state index contributed by atoms with van der Waals surface area (Å²) >= 11 is 6.39. The molecule has 0 fully saturated rings. The van der Waals surface area contributed by atoms with Crippen LogP contribution < -0.4 is 10.1 Å². The van der Waals surface area contributed by atoms with Gasteiger partial charge in [-0.05, 0) is 24.3 Å². The normalized spacial score (nSPS) is 14.1. The Labute approximate surface area is 180 Å². The molecule has 2 heterocycles. The molecule has 0 aliphatic carbocycles. The molecule has 7 nitrogen and oxygen atoms in total. The Morgan fingerprint density at radius 1 is 1.16 bits per heavy atom. The number of aliphatic carboxylic acids is 1. The molecule has 1 aliphatic rings. The third-order valence-corrected chi connectivity index (χ3v) is 6.31. The molecule has 31 heavy (non-hydrogen) atoms. The number of carboxylic acid groups (broad SMARTS) is 1. The Morgan fingerprint density at radius 3 is 2.42 bits per heavy atom. The van der Waals surface area contributed by atoms with Crippen LogP contribution in [0.25, 0.3) is 10.9 Å². The van der Waals surface area contributed by atoms with E-state index in [1.165, 1.54) is 10.2 Å². The minimum absolute atomic E-state index is 0.225. The number of halogens is 4. The number of benzene rings is 2. The molecule has 0 bridgehead atoms. The zero-order chi connectivity index (χ0) is 22.8. The van der Waals surface area contributed by atoms with Crippen LogP contribution in [0.3, 0.4) is 0 Å². The molecule has 1 aromatic heterocycles. The predicted octanol–water partition coefficient (Wildman–Crippen LogP) is 3.65. The highest BCUT2D eigenvalue weighted by atomic mass is 35.5. The van der Waals surface area contributed by atoms with Crippen molar-refractivity contribution in [1.82, 2.24) is 9.29 Å². The molecule has 0 atom stereocenters. The van der Waals surface area contributed by atoms with Crippen LogP contribution in [0.4, 0.5) is 13.2 Å². The lowest BCUT2D eigenvalue weighted by Crippen LogP contribution is -2.21. The van der Waals surface area contributed by atoms with Gasteiger partial charge in [-0.2, -0.15) is 13.2 Å². The van der Waals surface area contributed by atoms with Crippen molar-refractivity contribution in [3.05, 3.63) is 59.2 Å². The third kappa shape index (κ3) is 4.78. The van der Waals surface area contributed by atoms with Crippen LogP contribution in [-0.2, 0) is 21.4 Å². The number of alkyl halides is 3. The fraction of sp³-hybridized carbons (Fsp3) is 0.211. The van der Waals surface area contributed by atoms with Crippen molar-refractivity contribution < 1.29 is 36.2 Å². The molecule has 0 saturated heterocycles. The van der Waals surface area contributed by atoms with Crippen LogP contribution in [0.1, 0.15) is 5.56 Å². The molecule has 166 valence electrons. The molecule has 3 aromatic rings. The number of hydrogen-bond acceptors (Lipinski definition) is 5. The van der Waals surface area contributed by atoms with Gasteiger partial charge in [-0.3, -0.25) is 0 Å². The van der Waals surface area contributed by atoms with Gasteiger partial charge >= 0.3 is 12.1 Å². The summed E-state index contributed by atoms with van der Waals surface area (Å²) in [6, 6.07) is 11.9. The van der Waals surface area contributed by atoms with E-state index >= 15 is 0 Å². The maximum absolute atomic E-state index is 13.0. The van der Waals surface area contributed by atoms with Gasteiger partial charge in [0.15, 0.2) is 0 Å². The fourth-order valence-electron chi connectivity index (χ4n) is 2.97. The van der Waals surface area contributed by atoms with Gasteiger partial charge in [0.1, 0.15) is 12.4 Å². The standard InChI is InChI=1S/C17H15ClN2O3S.C2HF3O2/c18-14-11-20(24(21,22)12-4-2-1-3-5-12)15-6-7-16-13(17(14)15)10-19-8-9-23-16;3-2(4,5)1(6)7/h1-7,11,19H,8-10H2;(H,6,7). The van der Waals surface area contributed by atoms with E-state index in [-0.39, 0.29) is 4.90 Å². The minimum atomic E-state index is -5.08. The molecule has 0 unspecified atom stereocenters. The van der Waals surface area contributed by atoms with Crippen LogP contribution in [0.5, 0.6) is 5.75 Å². The molecule has 4 rings (SSSR count). The summed E-state index contributed by atoms with van der Waals surface area (Å²) < 4.78 is 64.6. The van der Waals surface area contributed by atoms with E-state index in [9.17, 15) is 21.6 Å². The highest BCUT2D eigenvalue weighted by molar-refractivity contribution is 7.90. The van der Waals surface area contributed by atoms with Crippen molar-refractivity contribution in [3.8, 4) is 5.75 Å². The summed E-state index contributed by atoms with van der Waals surface area (Å²) in [7, 11) is -3.71. The highest BCUT2D eigenvalue weighted by Gasteiger charge is 2.38. The molecule has 2 aromatic carbocycles.